The van der Waals surface area contributed by atoms with Crippen LogP contribution >= 0.6 is 0 Å². The second-order valence-electron chi connectivity index (χ2n) is 5.52. The summed E-state index contributed by atoms with van der Waals surface area (Å²) in [6.45, 7) is 7.10. The lowest BCUT2D eigenvalue weighted by Crippen LogP contribution is -2.55. The molecule has 0 bridgehead atoms. The second kappa shape index (κ2) is 8.06. The van der Waals surface area contributed by atoms with E-state index in [2.05, 4.69) is 10.2 Å². The smallest absolute Gasteiger partial charge is 0.326 e. The summed E-state index contributed by atoms with van der Waals surface area (Å²) in [5.41, 5.74) is 0. The Labute approximate surface area is 119 Å². The molecule has 0 aromatic rings. The van der Waals surface area contributed by atoms with Gasteiger partial charge in [-0.1, -0.05) is 13.8 Å². The molecule has 1 fully saturated rings. The number of amides is 2. The Morgan fingerprint density at radius 2 is 1.80 bits per heavy atom. The monoisotopic (exact) mass is 287 g/mol. The summed E-state index contributed by atoms with van der Waals surface area (Å²) < 4.78 is 0. The van der Waals surface area contributed by atoms with Crippen molar-refractivity contribution in [1.82, 2.24) is 15.1 Å². The maximum atomic E-state index is 12.0. The Balaban J connectivity index is 2.43. The number of β-amino-alcohol motifs (C(OH)–C–C–N with tert-alkyl or cyclic N) is 1. The minimum Gasteiger partial charge on any atom is -0.480 e. The highest BCUT2D eigenvalue weighted by atomic mass is 16.4. The van der Waals surface area contributed by atoms with E-state index in [0.717, 1.165) is 0 Å². The molecule has 1 aliphatic heterocycles. The Bertz CT molecular complexity index is 328. The van der Waals surface area contributed by atoms with E-state index in [1.54, 1.807) is 4.90 Å². The van der Waals surface area contributed by atoms with Crippen molar-refractivity contribution >= 4 is 12.0 Å². The van der Waals surface area contributed by atoms with Crippen LogP contribution in [-0.4, -0.2) is 77.4 Å². The van der Waals surface area contributed by atoms with Crippen molar-refractivity contribution in [2.75, 3.05) is 39.3 Å². The third-order valence-corrected chi connectivity index (χ3v) is 3.38. The zero-order chi connectivity index (χ0) is 15.1. The van der Waals surface area contributed by atoms with Gasteiger partial charge < -0.3 is 20.4 Å². The number of piperazine rings is 1. The van der Waals surface area contributed by atoms with Crippen LogP contribution in [0, 0.1) is 5.92 Å². The number of aliphatic carboxylic acids is 1. The summed E-state index contributed by atoms with van der Waals surface area (Å²) in [6.07, 6.45) is 0.422. The third-order valence-electron chi connectivity index (χ3n) is 3.38. The van der Waals surface area contributed by atoms with E-state index in [-0.39, 0.29) is 18.6 Å². The molecule has 0 aliphatic carbocycles. The topological polar surface area (TPSA) is 93.1 Å². The standard InChI is InChI=1S/C13H25N3O4/c1-10(2)9-11(12(18)19)14-13(20)16-5-3-15(4-6-16)7-8-17/h10-11,17H,3-9H2,1-2H3,(H,14,20)(H,18,19)/t11-/m0/s1. The number of carboxylic acid groups (broad SMARTS) is 1. The van der Waals surface area contributed by atoms with E-state index in [1.807, 2.05) is 13.8 Å². The quantitative estimate of drug-likeness (QED) is 0.629. The van der Waals surface area contributed by atoms with Crippen molar-refractivity contribution in [3.05, 3.63) is 0 Å². The van der Waals surface area contributed by atoms with Crippen LogP contribution in [0.5, 0.6) is 0 Å². The van der Waals surface area contributed by atoms with Crippen LogP contribution in [0.3, 0.4) is 0 Å². The van der Waals surface area contributed by atoms with Crippen molar-refractivity contribution in [3.63, 3.8) is 0 Å². The lowest BCUT2D eigenvalue weighted by Gasteiger charge is -2.35. The van der Waals surface area contributed by atoms with Crippen molar-refractivity contribution in [2.45, 2.75) is 26.3 Å². The Morgan fingerprint density at radius 3 is 2.25 bits per heavy atom. The van der Waals surface area contributed by atoms with Gasteiger partial charge in [-0.05, 0) is 12.3 Å². The minimum absolute atomic E-state index is 0.113. The maximum Gasteiger partial charge on any atom is 0.326 e. The first-order chi connectivity index (χ1) is 9.43. The normalized spacial score (nSPS) is 18.1. The van der Waals surface area contributed by atoms with E-state index in [1.165, 1.54) is 0 Å². The van der Waals surface area contributed by atoms with Crippen LogP contribution in [0.4, 0.5) is 4.79 Å². The van der Waals surface area contributed by atoms with E-state index in [0.29, 0.717) is 39.1 Å². The molecule has 0 radical (unpaired) electrons. The summed E-state index contributed by atoms with van der Waals surface area (Å²) in [4.78, 5) is 26.9. The number of carboxylic acids is 1. The number of hydrogen-bond donors (Lipinski definition) is 3. The van der Waals surface area contributed by atoms with Crippen molar-refractivity contribution in [3.8, 4) is 0 Å². The summed E-state index contributed by atoms with van der Waals surface area (Å²) in [5, 5.41) is 20.6. The molecule has 20 heavy (non-hydrogen) atoms. The molecule has 1 atom stereocenters. The zero-order valence-electron chi connectivity index (χ0n) is 12.2. The van der Waals surface area contributed by atoms with E-state index in [4.69, 9.17) is 10.2 Å². The van der Waals surface area contributed by atoms with E-state index >= 15 is 0 Å². The summed E-state index contributed by atoms with van der Waals surface area (Å²) >= 11 is 0. The molecule has 1 aliphatic rings. The first kappa shape index (κ1) is 16.7. The predicted octanol–water partition coefficient (Wildman–Crippen LogP) is -0.195. The average Bonchev–Trinajstić information content (AvgIpc) is 2.38. The first-order valence-corrected chi connectivity index (χ1v) is 7.05. The number of carbonyl (C=O) groups excluding carboxylic acids is 1. The molecular formula is C13H25N3O4. The van der Waals surface area contributed by atoms with Crippen LogP contribution < -0.4 is 5.32 Å². The molecule has 116 valence electrons. The van der Waals surface area contributed by atoms with Crippen LogP contribution in [0.1, 0.15) is 20.3 Å². The number of aliphatic hydroxyl groups is 1. The Morgan fingerprint density at radius 1 is 1.20 bits per heavy atom. The number of urea groups is 1. The van der Waals surface area contributed by atoms with Gasteiger partial charge in [-0.25, -0.2) is 9.59 Å². The highest BCUT2D eigenvalue weighted by Crippen LogP contribution is 2.07. The maximum absolute atomic E-state index is 12.0. The van der Waals surface area contributed by atoms with Gasteiger partial charge in [-0.15, -0.1) is 0 Å². The van der Waals surface area contributed by atoms with E-state index in [9.17, 15) is 9.59 Å². The van der Waals surface area contributed by atoms with Crippen LogP contribution in [0.2, 0.25) is 0 Å². The fourth-order valence-corrected chi connectivity index (χ4v) is 2.25. The molecule has 1 rings (SSSR count). The van der Waals surface area contributed by atoms with Gasteiger partial charge in [-0.2, -0.15) is 0 Å². The molecule has 0 spiro atoms. The molecular weight excluding hydrogens is 262 g/mol. The molecule has 3 N–H and O–H groups in total. The average molecular weight is 287 g/mol. The first-order valence-electron chi connectivity index (χ1n) is 7.05. The zero-order valence-corrected chi connectivity index (χ0v) is 12.2. The molecule has 7 nitrogen and oxygen atoms in total. The molecule has 1 saturated heterocycles. The van der Waals surface area contributed by atoms with Gasteiger partial charge in [-0.3, -0.25) is 4.90 Å². The lowest BCUT2D eigenvalue weighted by molar-refractivity contribution is -0.139. The van der Waals surface area contributed by atoms with Crippen LogP contribution in [0.25, 0.3) is 0 Å². The van der Waals surface area contributed by atoms with Gasteiger partial charge >= 0.3 is 12.0 Å². The highest BCUT2D eigenvalue weighted by Gasteiger charge is 2.26. The number of nitrogens with one attached hydrogen (secondary N) is 1. The molecule has 0 unspecified atom stereocenters. The van der Waals surface area contributed by atoms with Gasteiger partial charge in [0.25, 0.3) is 0 Å². The Kier molecular flexibility index (Phi) is 6.74. The Hall–Kier alpha value is -1.34. The van der Waals surface area contributed by atoms with Gasteiger partial charge in [0.1, 0.15) is 6.04 Å². The summed E-state index contributed by atoms with van der Waals surface area (Å²) in [6, 6.07) is -1.15. The fourth-order valence-electron chi connectivity index (χ4n) is 2.25. The van der Waals surface area contributed by atoms with Gasteiger partial charge in [0.15, 0.2) is 0 Å². The summed E-state index contributed by atoms with van der Waals surface area (Å²) in [7, 11) is 0. The molecule has 7 heteroatoms. The van der Waals surface area contributed by atoms with E-state index < -0.39 is 12.0 Å². The molecule has 0 saturated carbocycles. The van der Waals surface area contributed by atoms with Crippen LogP contribution in [0.15, 0.2) is 0 Å². The fraction of sp³-hybridized carbons (Fsp3) is 0.846. The minimum atomic E-state index is -0.994. The van der Waals surface area contributed by atoms with Gasteiger partial charge in [0.05, 0.1) is 6.61 Å². The largest absolute Gasteiger partial charge is 0.480 e. The molecule has 0 aromatic heterocycles. The van der Waals surface area contributed by atoms with Crippen molar-refractivity contribution in [1.29, 1.82) is 0 Å². The SMILES string of the molecule is CC(C)C[C@H](NC(=O)N1CCN(CCO)CC1)C(=O)O. The van der Waals surface area contributed by atoms with Crippen molar-refractivity contribution < 1.29 is 19.8 Å². The third kappa shape index (κ3) is 5.34. The van der Waals surface area contributed by atoms with Crippen molar-refractivity contribution in [2.24, 2.45) is 5.92 Å². The second-order valence-corrected chi connectivity index (χ2v) is 5.52. The summed E-state index contributed by atoms with van der Waals surface area (Å²) in [5.74, 6) is -0.788. The molecule has 2 amide bonds. The molecule has 0 aromatic carbocycles. The molecule has 1 heterocycles. The number of aliphatic hydroxyl groups excluding tert-OH is 1. The highest BCUT2D eigenvalue weighted by molar-refractivity contribution is 5.82. The predicted molar refractivity (Wildman–Crippen MR) is 74.5 cm³/mol. The van der Waals surface area contributed by atoms with Gasteiger partial charge in [0.2, 0.25) is 0 Å². The number of nitrogens with zero attached hydrogens (tertiary/aromatic N) is 2. The number of carbonyl (C=O) groups is 2. The number of rotatable bonds is 6. The van der Waals surface area contributed by atoms with Gasteiger partial charge in [0, 0.05) is 32.7 Å². The van der Waals surface area contributed by atoms with Crippen LogP contribution in [-0.2, 0) is 4.79 Å². The lowest BCUT2D eigenvalue weighted by atomic mass is 10.0. The number of hydrogen-bond acceptors (Lipinski definition) is 4.